The summed E-state index contributed by atoms with van der Waals surface area (Å²) in [5.41, 5.74) is 1.22. The molecule has 1 aromatic rings. The highest BCUT2D eigenvalue weighted by atomic mass is 32.1. The smallest absolute Gasteiger partial charge is 0.0926 e. The number of aromatic nitrogens is 1. The van der Waals surface area contributed by atoms with Crippen LogP contribution in [0.15, 0.2) is 5.38 Å². The van der Waals surface area contributed by atoms with Gasteiger partial charge in [-0.05, 0) is 31.1 Å². The second-order valence-electron chi connectivity index (χ2n) is 5.18. The molecule has 0 radical (unpaired) electrons. The molecule has 3 unspecified atom stereocenters. The van der Waals surface area contributed by atoms with Crippen LogP contribution in [0.2, 0.25) is 0 Å². The lowest BCUT2D eigenvalue weighted by molar-refractivity contribution is 0.343. The molecule has 1 saturated carbocycles. The largest absolute Gasteiger partial charge is 0.308 e. The third kappa shape index (κ3) is 3.08. The Bertz CT molecular complexity index is 348. The van der Waals surface area contributed by atoms with E-state index in [0.717, 1.165) is 24.8 Å². The molecular weight excluding hydrogens is 228 g/mol. The lowest BCUT2D eigenvalue weighted by Gasteiger charge is -2.20. The summed E-state index contributed by atoms with van der Waals surface area (Å²) in [6, 6.07) is 0.701. The van der Waals surface area contributed by atoms with Crippen molar-refractivity contribution in [2.75, 3.05) is 0 Å². The second kappa shape index (κ2) is 5.96. The topological polar surface area (TPSA) is 24.9 Å². The fraction of sp³-hybridized carbons (Fsp3) is 0.786. The van der Waals surface area contributed by atoms with Gasteiger partial charge in [0.05, 0.1) is 10.7 Å². The maximum Gasteiger partial charge on any atom is 0.0926 e. The van der Waals surface area contributed by atoms with Crippen LogP contribution in [-0.4, -0.2) is 11.0 Å². The van der Waals surface area contributed by atoms with Crippen LogP contribution in [0.5, 0.6) is 0 Å². The summed E-state index contributed by atoms with van der Waals surface area (Å²) in [5, 5.41) is 7.15. The Labute approximate surface area is 109 Å². The van der Waals surface area contributed by atoms with Crippen LogP contribution in [0, 0.1) is 11.8 Å². The number of rotatable bonds is 5. The molecule has 0 bridgehead atoms. The lowest BCUT2D eigenvalue weighted by Crippen LogP contribution is -2.32. The van der Waals surface area contributed by atoms with Crippen LogP contribution >= 0.6 is 11.3 Å². The van der Waals surface area contributed by atoms with Gasteiger partial charge in [0.15, 0.2) is 0 Å². The van der Waals surface area contributed by atoms with Gasteiger partial charge in [-0.2, -0.15) is 0 Å². The summed E-state index contributed by atoms with van der Waals surface area (Å²) in [6.45, 7) is 7.83. The van der Waals surface area contributed by atoms with Crippen LogP contribution in [-0.2, 0) is 13.0 Å². The zero-order valence-electron chi connectivity index (χ0n) is 11.2. The molecule has 1 fully saturated rings. The van der Waals surface area contributed by atoms with Crippen molar-refractivity contribution in [1.29, 1.82) is 0 Å². The van der Waals surface area contributed by atoms with E-state index in [1.165, 1.54) is 30.0 Å². The van der Waals surface area contributed by atoms with Crippen LogP contribution in [0.1, 0.15) is 50.7 Å². The van der Waals surface area contributed by atoms with E-state index >= 15 is 0 Å². The molecule has 17 heavy (non-hydrogen) atoms. The number of hydrogen-bond acceptors (Lipinski definition) is 3. The normalized spacial score (nSPS) is 28.8. The highest BCUT2D eigenvalue weighted by Gasteiger charge is 2.30. The first-order valence-electron chi connectivity index (χ1n) is 6.91. The summed E-state index contributed by atoms with van der Waals surface area (Å²) in [4.78, 5) is 4.61. The van der Waals surface area contributed by atoms with E-state index in [1.54, 1.807) is 11.3 Å². The number of thiazole rings is 1. The van der Waals surface area contributed by atoms with Crippen LogP contribution in [0.4, 0.5) is 0 Å². The molecule has 2 rings (SSSR count). The molecule has 0 aromatic carbocycles. The fourth-order valence-corrected chi connectivity index (χ4v) is 3.68. The van der Waals surface area contributed by atoms with Crippen molar-refractivity contribution in [1.82, 2.24) is 10.3 Å². The van der Waals surface area contributed by atoms with Gasteiger partial charge in [-0.3, -0.25) is 0 Å². The van der Waals surface area contributed by atoms with Gasteiger partial charge in [-0.25, -0.2) is 4.98 Å². The quantitative estimate of drug-likeness (QED) is 0.866. The summed E-state index contributed by atoms with van der Waals surface area (Å²) >= 11 is 1.79. The van der Waals surface area contributed by atoms with Gasteiger partial charge in [0.2, 0.25) is 0 Å². The average molecular weight is 252 g/mol. The van der Waals surface area contributed by atoms with Crippen LogP contribution < -0.4 is 5.32 Å². The Morgan fingerprint density at radius 1 is 1.41 bits per heavy atom. The number of nitrogens with one attached hydrogen (secondary N) is 1. The fourth-order valence-electron chi connectivity index (χ4n) is 2.94. The third-order valence-corrected chi connectivity index (χ3v) is 5.24. The highest BCUT2D eigenvalue weighted by molar-refractivity contribution is 7.09. The summed E-state index contributed by atoms with van der Waals surface area (Å²) in [5.74, 6) is 1.75. The Morgan fingerprint density at radius 2 is 2.24 bits per heavy atom. The van der Waals surface area contributed by atoms with Crippen molar-refractivity contribution in [3.05, 3.63) is 16.1 Å². The third-order valence-electron chi connectivity index (χ3n) is 4.20. The molecule has 3 heteroatoms. The van der Waals surface area contributed by atoms with E-state index in [2.05, 4.69) is 36.5 Å². The predicted octanol–water partition coefficient (Wildman–Crippen LogP) is 3.62. The van der Waals surface area contributed by atoms with Gasteiger partial charge < -0.3 is 5.32 Å². The summed E-state index contributed by atoms with van der Waals surface area (Å²) < 4.78 is 0. The maximum atomic E-state index is 4.61. The molecular formula is C14H24N2S. The van der Waals surface area contributed by atoms with Gasteiger partial charge >= 0.3 is 0 Å². The van der Waals surface area contributed by atoms with Crippen LogP contribution in [0.3, 0.4) is 0 Å². The van der Waals surface area contributed by atoms with Crippen molar-refractivity contribution in [2.24, 2.45) is 11.8 Å². The standard InChI is InChI=1S/C14H24N2S/c1-4-11-6-7-13(10(11)3)15-8-12-9-17-14(5-2)16-12/h9-11,13,15H,4-8H2,1-3H3. The van der Waals surface area contributed by atoms with E-state index in [-0.39, 0.29) is 0 Å². The minimum atomic E-state index is 0.701. The van der Waals surface area contributed by atoms with Gasteiger partial charge in [0.25, 0.3) is 0 Å². The molecule has 0 aliphatic heterocycles. The zero-order valence-corrected chi connectivity index (χ0v) is 12.0. The van der Waals surface area contributed by atoms with Crippen molar-refractivity contribution < 1.29 is 0 Å². The van der Waals surface area contributed by atoms with Crippen LogP contribution in [0.25, 0.3) is 0 Å². The first-order chi connectivity index (χ1) is 8.24. The first kappa shape index (κ1) is 13.0. The molecule has 0 amide bonds. The second-order valence-corrected chi connectivity index (χ2v) is 6.12. The Hall–Kier alpha value is -0.410. The molecule has 1 N–H and O–H groups in total. The first-order valence-corrected chi connectivity index (χ1v) is 7.79. The molecule has 0 spiro atoms. The highest BCUT2D eigenvalue weighted by Crippen LogP contribution is 2.33. The van der Waals surface area contributed by atoms with E-state index in [9.17, 15) is 0 Å². The van der Waals surface area contributed by atoms with Crippen molar-refractivity contribution in [3.8, 4) is 0 Å². The summed E-state index contributed by atoms with van der Waals surface area (Å²) in [6.07, 6.45) is 5.12. The molecule has 1 heterocycles. The van der Waals surface area contributed by atoms with Gasteiger partial charge in [0.1, 0.15) is 0 Å². The average Bonchev–Trinajstić information content (AvgIpc) is 2.93. The van der Waals surface area contributed by atoms with E-state index < -0.39 is 0 Å². The van der Waals surface area contributed by atoms with E-state index in [1.807, 2.05) is 0 Å². The van der Waals surface area contributed by atoms with Gasteiger partial charge in [-0.1, -0.05) is 27.2 Å². The van der Waals surface area contributed by atoms with Gasteiger partial charge in [0, 0.05) is 18.0 Å². The van der Waals surface area contributed by atoms with Crippen molar-refractivity contribution in [2.45, 2.75) is 59.0 Å². The number of nitrogens with zero attached hydrogens (tertiary/aromatic N) is 1. The van der Waals surface area contributed by atoms with E-state index in [0.29, 0.717) is 6.04 Å². The maximum absolute atomic E-state index is 4.61. The lowest BCUT2D eigenvalue weighted by atomic mass is 9.93. The predicted molar refractivity (Wildman–Crippen MR) is 74.3 cm³/mol. The van der Waals surface area contributed by atoms with Crippen molar-refractivity contribution in [3.63, 3.8) is 0 Å². The molecule has 0 saturated heterocycles. The molecule has 96 valence electrons. The SMILES string of the molecule is CCc1nc(CNC2CCC(CC)C2C)cs1. The Morgan fingerprint density at radius 3 is 2.82 bits per heavy atom. The van der Waals surface area contributed by atoms with Crippen molar-refractivity contribution >= 4 is 11.3 Å². The minimum absolute atomic E-state index is 0.701. The zero-order chi connectivity index (χ0) is 12.3. The van der Waals surface area contributed by atoms with E-state index in [4.69, 9.17) is 0 Å². The molecule has 1 aromatic heterocycles. The number of aryl methyl sites for hydroxylation is 1. The molecule has 3 atom stereocenters. The number of hydrogen-bond donors (Lipinski definition) is 1. The molecule has 1 aliphatic rings. The van der Waals surface area contributed by atoms with Gasteiger partial charge in [-0.15, -0.1) is 11.3 Å². The minimum Gasteiger partial charge on any atom is -0.308 e. The summed E-state index contributed by atoms with van der Waals surface area (Å²) in [7, 11) is 0. The molecule has 2 nitrogen and oxygen atoms in total. The Kier molecular flexibility index (Phi) is 4.57. The monoisotopic (exact) mass is 252 g/mol. The Balaban J connectivity index is 1.82. The molecule has 1 aliphatic carbocycles.